The molecule has 2 aromatic carbocycles. The monoisotopic (exact) mass is 1350 g/mol. The zero-order chi connectivity index (χ0) is 68.1. The minimum atomic E-state index is -0.810. The number of aromatic amines is 4. The summed E-state index contributed by atoms with van der Waals surface area (Å²) < 4.78 is 27.1. The molecule has 14 N–H and O–H groups in total. The number of aromatic nitrogens is 6. The summed E-state index contributed by atoms with van der Waals surface area (Å²) in [6.45, 7) is 7.44. The van der Waals surface area contributed by atoms with Gasteiger partial charge in [0.15, 0.2) is 0 Å². The van der Waals surface area contributed by atoms with Crippen LogP contribution in [0.5, 0.6) is 0 Å². The first-order chi connectivity index (χ1) is 45.8. The molecule has 7 rings (SSSR count). The second-order valence-corrected chi connectivity index (χ2v) is 25.8. The normalized spacial score (nSPS) is 14.6. The van der Waals surface area contributed by atoms with Crippen LogP contribution in [0, 0.1) is 0 Å². The number of rotatable bonds is 43. The number of aryl methyl sites for hydroxylation is 4. The summed E-state index contributed by atoms with van der Waals surface area (Å²) in [6, 6.07) is 13.1. The second-order valence-electron chi connectivity index (χ2n) is 23.2. The Balaban J connectivity index is 0.705. The number of hydrogen-bond donors (Lipinski definition) is 12. The van der Waals surface area contributed by atoms with E-state index in [4.69, 9.17) is 35.2 Å². The Labute approximate surface area is 558 Å². The quantitative estimate of drug-likeness (QED) is 0.0193. The Morgan fingerprint density at radius 3 is 1.47 bits per heavy atom. The van der Waals surface area contributed by atoms with Gasteiger partial charge in [0, 0.05) is 104 Å². The van der Waals surface area contributed by atoms with E-state index in [0.717, 1.165) is 35.1 Å². The van der Waals surface area contributed by atoms with Crippen LogP contribution in [0.15, 0.2) is 70.5 Å². The van der Waals surface area contributed by atoms with Gasteiger partial charge in [-0.2, -0.15) is 33.5 Å². The van der Waals surface area contributed by atoms with Crippen LogP contribution in [-0.4, -0.2) is 191 Å². The van der Waals surface area contributed by atoms with Crippen molar-refractivity contribution >= 4 is 99.0 Å². The summed E-state index contributed by atoms with van der Waals surface area (Å²) in [5, 5.41) is 19.1. The molecule has 0 radical (unpaired) electrons. The highest BCUT2D eigenvalue weighted by atomic mass is 32.2. The van der Waals surface area contributed by atoms with E-state index in [-0.39, 0.29) is 160 Å². The number of nitrogens with one attached hydrogen (secondary N) is 10. The van der Waals surface area contributed by atoms with Crippen molar-refractivity contribution in [1.29, 1.82) is 0 Å². The van der Waals surface area contributed by atoms with Crippen LogP contribution in [0.2, 0.25) is 0 Å². The number of nitrogen functional groups attached to an aromatic ring is 2. The van der Waals surface area contributed by atoms with Gasteiger partial charge in [-0.25, -0.2) is 0 Å². The van der Waals surface area contributed by atoms with E-state index in [0.29, 0.717) is 89.6 Å². The van der Waals surface area contributed by atoms with Crippen LogP contribution >= 0.6 is 23.5 Å². The molecule has 0 aliphatic heterocycles. The number of carbonyl (C=O) groups is 7. The number of thioether (sulfide) groups is 2. The minimum absolute atomic E-state index is 0.00800. The molecule has 0 saturated heterocycles. The standard InChI is InChI=1S/C65H90N14O14S2/c1-39(2)74-47(60(85)70-27-29-90-31-33-92-52(81)7-5-25-68-58(83)43-16-10-41(11-17-43)14-20-45-35-72-56-54(45)62(87)78-64(66)76-56)37-94-49-22-23-50(49)95-38-48(75-51(80)24-9-40(3)89-4)61(86)71-28-30-91-32-34-93-53(82)8-6-26-69-59(84)44-18-12-42(13-19-44)15-21-46-36-73-57-55(46)63(88)79-65(67)77-57/h10-13,16-19,35-36,39-40,47-50,74H,5-9,14-15,20-34,37-38H2,1-4H3,(H,68,83)(H,69,84)(H,70,85)(H,71,86)(H,75,80)(H4,66,72,76,78,87)(H4,67,73,77,79,88). The number of nitrogens with zero attached hydrogens (tertiary/aromatic N) is 2. The summed E-state index contributed by atoms with van der Waals surface area (Å²) in [4.78, 5) is 134. The molecule has 1 fully saturated rings. The third-order valence-electron chi connectivity index (χ3n) is 15.6. The van der Waals surface area contributed by atoms with Crippen molar-refractivity contribution in [1.82, 2.24) is 61.8 Å². The molecule has 1 aliphatic rings. The van der Waals surface area contributed by atoms with Gasteiger partial charge in [-0.15, -0.1) is 0 Å². The molecular weight excluding hydrogens is 1260 g/mol. The first-order valence-corrected chi connectivity index (χ1v) is 34.2. The number of anilines is 2. The topological polar surface area (TPSA) is 413 Å². The van der Waals surface area contributed by atoms with E-state index in [1.54, 1.807) is 67.3 Å². The Morgan fingerprint density at radius 1 is 0.579 bits per heavy atom. The third-order valence-corrected chi connectivity index (χ3v) is 18.8. The van der Waals surface area contributed by atoms with Crippen LogP contribution in [0.4, 0.5) is 11.9 Å². The van der Waals surface area contributed by atoms with Crippen molar-refractivity contribution < 1.29 is 57.2 Å². The molecule has 0 bridgehead atoms. The maximum atomic E-state index is 13.5. The van der Waals surface area contributed by atoms with E-state index in [1.165, 1.54) is 0 Å². The second kappa shape index (κ2) is 38.9. The summed E-state index contributed by atoms with van der Waals surface area (Å²) in [7, 11) is 1.58. The van der Waals surface area contributed by atoms with E-state index in [2.05, 4.69) is 61.8 Å². The Hall–Kier alpha value is -8.29. The van der Waals surface area contributed by atoms with Crippen molar-refractivity contribution in [2.24, 2.45) is 0 Å². The Kier molecular flexibility index (Phi) is 30.4. The molecule has 5 amide bonds. The van der Waals surface area contributed by atoms with Crippen LogP contribution in [0.25, 0.3) is 22.1 Å². The molecule has 1 saturated carbocycles. The van der Waals surface area contributed by atoms with Crippen LogP contribution in [0.3, 0.4) is 0 Å². The van der Waals surface area contributed by atoms with Crippen LogP contribution < -0.4 is 54.5 Å². The lowest BCUT2D eigenvalue weighted by Gasteiger charge is -2.37. The molecule has 1 aliphatic carbocycles. The van der Waals surface area contributed by atoms with Gasteiger partial charge in [0.05, 0.1) is 49.3 Å². The average Bonchev–Trinajstić information content (AvgIpc) is 1.70. The van der Waals surface area contributed by atoms with Crippen molar-refractivity contribution in [2.45, 2.75) is 133 Å². The Morgan fingerprint density at radius 2 is 1.03 bits per heavy atom. The van der Waals surface area contributed by atoms with Gasteiger partial charge in [0.2, 0.25) is 29.6 Å². The van der Waals surface area contributed by atoms with Gasteiger partial charge in [-0.05, 0) is 111 Å². The predicted octanol–water partition coefficient (Wildman–Crippen LogP) is 3.29. The highest BCUT2D eigenvalue weighted by Crippen LogP contribution is 2.40. The predicted molar refractivity (Wildman–Crippen MR) is 364 cm³/mol. The summed E-state index contributed by atoms with van der Waals surface area (Å²) in [5.74, 6) is -1.23. The van der Waals surface area contributed by atoms with Crippen LogP contribution in [-0.2, 0) is 73.3 Å². The molecular formula is C65H90N14O14S2. The summed E-state index contributed by atoms with van der Waals surface area (Å²) in [5.41, 5.74) is 16.1. The molecule has 0 spiro atoms. The Bertz CT molecular complexity index is 3600. The zero-order valence-corrected chi connectivity index (χ0v) is 55.9. The molecule has 4 aromatic heterocycles. The molecule has 5 atom stereocenters. The van der Waals surface area contributed by atoms with Gasteiger partial charge in [0.25, 0.3) is 22.9 Å². The zero-order valence-electron chi connectivity index (χ0n) is 54.3. The van der Waals surface area contributed by atoms with E-state index < -0.39 is 24.0 Å². The fraction of sp³-hybridized carbons (Fsp3) is 0.523. The van der Waals surface area contributed by atoms with E-state index >= 15 is 0 Å². The molecule has 28 nitrogen and oxygen atoms in total. The molecule has 30 heteroatoms. The van der Waals surface area contributed by atoms with Crippen molar-refractivity contribution in [3.63, 3.8) is 0 Å². The van der Waals surface area contributed by atoms with Gasteiger partial charge in [-0.1, -0.05) is 38.1 Å². The number of hydrogen-bond acceptors (Lipinski definition) is 21. The number of H-pyrrole nitrogens is 4. The van der Waals surface area contributed by atoms with Gasteiger partial charge in [-0.3, -0.25) is 53.1 Å². The number of amides is 5. The van der Waals surface area contributed by atoms with Crippen molar-refractivity contribution in [2.75, 3.05) is 95.9 Å². The molecule has 6 aromatic rings. The fourth-order valence-corrected chi connectivity index (χ4v) is 13.3. The lowest BCUT2D eigenvalue weighted by atomic mass is 9.99. The first-order valence-electron chi connectivity index (χ1n) is 32.1. The number of methoxy groups -OCH3 is 1. The highest BCUT2D eigenvalue weighted by molar-refractivity contribution is 8.04. The number of carbonyl (C=O) groups excluding carboxylic acids is 7. The third kappa shape index (κ3) is 24.8. The van der Waals surface area contributed by atoms with Gasteiger partial charge < -0.3 is 77.0 Å². The van der Waals surface area contributed by atoms with Crippen LogP contribution in [0.1, 0.15) is 115 Å². The first kappa shape index (κ1) is 74.1. The smallest absolute Gasteiger partial charge is 0.305 e. The number of esters is 2. The fourth-order valence-electron chi connectivity index (χ4n) is 10.2. The lowest BCUT2D eigenvalue weighted by Crippen LogP contribution is -2.50. The summed E-state index contributed by atoms with van der Waals surface area (Å²) in [6.07, 6.45) is 9.32. The maximum absolute atomic E-state index is 13.5. The van der Waals surface area contributed by atoms with Crippen molar-refractivity contribution in [3.8, 4) is 0 Å². The van der Waals surface area contributed by atoms with E-state index in [9.17, 15) is 43.2 Å². The number of fused-ring (bicyclic) bond motifs is 2. The minimum Gasteiger partial charge on any atom is -0.463 e. The molecule has 5 unspecified atom stereocenters. The SMILES string of the molecule is COC(C)CCC(=O)NC(CSC1CCC1SCC(NC(C)C)C(=O)NCCOCCOC(=O)CCCNC(=O)c1ccc(CCc2c[nH]c3nc(N)[nH]c(=O)c23)cc1)C(=O)NCCOCCOC(=O)CCCNC(=O)c1ccc(CCc2c[nH]c3nc(N)[nH]c(=O)c23)cc1. The number of ether oxygens (including phenoxy) is 5. The van der Waals surface area contributed by atoms with Gasteiger partial charge in [0.1, 0.15) is 30.5 Å². The lowest BCUT2D eigenvalue weighted by molar-refractivity contribution is -0.146. The summed E-state index contributed by atoms with van der Waals surface area (Å²) >= 11 is 3.32. The molecule has 95 heavy (non-hydrogen) atoms. The number of nitrogens with two attached hydrogens (primary N) is 2. The molecule has 4 heterocycles. The van der Waals surface area contributed by atoms with Gasteiger partial charge >= 0.3 is 11.9 Å². The average molecular weight is 1360 g/mol. The maximum Gasteiger partial charge on any atom is 0.305 e. The van der Waals surface area contributed by atoms with E-state index in [1.807, 2.05) is 45.0 Å². The van der Waals surface area contributed by atoms with Crippen molar-refractivity contribution in [3.05, 3.63) is 115 Å². The number of benzene rings is 2. The largest absolute Gasteiger partial charge is 0.463 e. The molecule has 516 valence electrons. The highest BCUT2D eigenvalue weighted by Gasteiger charge is 2.35.